The van der Waals surface area contributed by atoms with Crippen LogP contribution in [0, 0.1) is 0 Å². The van der Waals surface area contributed by atoms with E-state index in [0.717, 1.165) is 6.08 Å². The molecule has 7 nitrogen and oxygen atoms in total. The highest BCUT2D eigenvalue weighted by Crippen LogP contribution is 2.13. The summed E-state index contributed by atoms with van der Waals surface area (Å²) in [6, 6.07) is 6.12. The van der Waals surface area contributed by atoms with Gasteiger partial charge in [-0.2, -0.15) is 0 Å². The van der Waals surface area contributed by atoms with Gasteiger partial charge < -0.3 is 14.2 Å². The third kappa shape index (κ3) is 7.44. The molecule has 0 bridgehead atoms. The summed E-state index contributed by atoms with van der Waals surface area (Å²) in [7, 11) is 0. The van der Waals surface area contributed by atoms with Crippen molar-refractivity contribution in [3.63, 3.8) is 0 Å². The van der Waals surface area contributed by atoms with E-state index in [9.17, 15) is 14.4 Å². The minimum atomic E-state index is -0.594. The summed E-state index contributed by atoms with van der Waals surface area (Å²) in [6.07, 6.45) is 0.444. The molecule has 7 heteroatoms. The van der Waals surface area contributed by atoms with Crippen LogP contribution in [0.15, 0.2) is 36.9 Å². The molecular formula is C17H23NO6. The lowest BCUT2D eigenvalue weighted by atomic mass is 10.2. The number of benzene rings is 1. The highest BCUT2D eigenvalue weighted by molar-refractivity contribution is 5.91. The van der Waals surface area contributed by atoms with Crippen LogP contribution in [0.1, 0.15) is 32.6 Å². The van der Waals surface area contributed by atoms with E-state index in [1.54, 1.807) is 32.9 Å². The molecule has 1 rings (SSSR count). The smallest absolute Gasteiger partial charge is 0.412 e. The molecule has 0 unspecified atom stereocenters. The largest absolute Gasteiger partial charge is 0.459 e. The van der Waals surface area contributed by atoms with E-state index in [-0.39, 0.29) is 14.6 Å². The van der Waals surface area contributed by atoms with Gasteiger partial charge in [0.1, 0.15) is 18.8 Å². The van der Waals surface area contributed by atoms with Gasteiger partial charge in [-0.05, 0) is 45.0 Å². The van der Waals surface area contributed by atoms with Crippen molar-refractivity contribution in [2.45, 2.75) is 26.4 Å². The Morgan fingerprint density at radius 3 is 2.25 bits per heavy atom. The molecule has 24 heavy (non-hydrogen) atoms. The van der Waals surface area contributed by atoms with E-state index in [4.69, 9.17) is 9.47 Å². The number of nitrogens with one attached hydrogen (secondary N) is 1. The first-order valence-electron chi connectivity index (χ1n) is 7.27. The van der Waals surface area contributed by atoms with Crippen LogP contribution in [0.4, 0.5) is 10.5 Å². The SMILES string of the molecule is C=CC(=O)OCCOC(=O)c1ccc(NC(=O)OC(C)(C)C)cc1.[HH]. The fourth-order valence-electron chi connectivity index (χ4n) is 1.53. The highest BCUT2D eigenvalue weighted by atomic mass is 16.6. The molecule has 1 aromatic carbocycles. The molecule has 1 amide bonds. The Morgan fingerprint density at radius 2 is 1.71 bits per heavy atom. The van der Waals surface area contributed by atoms with Crippen LogP contribution in [0.3, 0.4) is 0 Å². The number of amides is 1. The zero-order valence-corrected chi connectivity index (χ0v) is 14.0. The van der Waals surface area contributed by atoms with Gasteiger partial charge in [-0.1, -0.05) is 6.58 Å². The Hall–Kier alpha value is -2.83. The van der Waals surface area contributed by atoms with Crippen LogP contribution in [0.5, 0.6) is 0 Å². The van der Waals surface area contributed by atoms with E-state index in [1.165, 1.54) is 12.1 Å². The molecule has 0 aliphatic heterocycles. The summed E-state index contributed by atoms with van der Waals surface area (Å²) in [6.45, 7) is 8.43. The molecule has 0 aliphatic carbocycles. The van der Waals surface area contributed by atoms with Crippen molar-refractivity contribution in [1.29, 1.82) is 0 Å². The molecule has 0 radical (unpaired) electrons. The van der Waals surface area contributed by atoms with E-state index >= 15 is 0 Å². The lowest BCUT2D eigenvalue weighted by Gasteiger charge is -2.19. The normalized spacial score (nSPS) is 10.5. The van der Waals surface area contributed by atoms with Gasteiger partial charge in [0.15, 0.2) is 0 Å². The second-order valence-electron chi connectivity index (χ2n) is 5.71. The summed E-state index contributed by atoms with van der Waals surface area (Å²) in [5, 5.41) is 2.56. The average Bonchev–Trinajstić information content (AvgIpc) is 2.49. The third-order valence-electron chi connectivity index (χ3n) is 2.49. The van der Waals surface area contributed by atoms with Crippen molar-refractivity contribution in [1.82, 2.24) is 0 Å². The Morgan fingerprint density at radius 1 is 1.12 bits per heavy atom. The molecule has 0 saturated carbocycles. The molecule has 0 aromatic heterocycles. The van der Waals surface area contributed by atoms with Gasteiger partial charge >= 0.3 is 18.0 Å². The molecule has 0 saturated heterocycles. The lowest BCUT2D eigenvalue weighted by molar-refractivity contribution is -0.138. The van der Waals surface area contributed by atoms with Gasteiger partial charge in [0.2, 0.25) is 0 Å². The molecule has 0 heterocycles. The van der Waals surface area contributed by atoms with Crippen molar-refractivity contribution in [3.05, 3.63) is 42.5 Å². The molecule has 1 N–H and O–H groups in total. The Kier molecular flexibility index (Phi) is 6.98. The first-order chi connectivity index (χ1) is 11.2. The molecule has 0 fully saturated rings. The van der Waals surface area contributed by atoms with Crippen LogP contribution in [-0.4, -0.2) is 36.8 Å². The quantitative estimate of drug-likeness (QED) is 0.371. The first kappa shape index (κ1) is 19.2. The van der Waals surface area contributed by atoms with E-state index < -0.39 is 23.6 Å². The third-order valence-corrected chi connectivity index (χ3v) is 2.49. The van der Waals surface area contributed by atoms with Crippen LogP contribution in [0.2, 0.25) is 0 Å². The van der Waals surface area contributed by atoms with E-state index in [2.05, 4.69) is 16.6 Å². The highest BCUT2D eigenvalue weighted by Gasteiger charge is 2.16. The first-order valence-corrected chi connectivity index (χ1v) is 7.27. The standard InChI is InChI=1S/C17H21NO6.H2/c1-5-14(19)22-10-11-23-15(20)12-6-8-13(9-7-12)18-16(21)24-17(2,3)4;/h5-9H,1,10-11H2,2-4H3,(H,18,21);1H. The minimum Gasteiger partial charge on any atom is -0.459 e. The topological polar surface area (TPSA) is 90.9 Å². The number of anilines is 1. The molecule has 132 valence electrons. The maximum absolute atomic E-state index is 11.8. The summed E-state index contributed by atoms with van der Waals surface area (Å²) in [5.74, 6) is -1.14. The van der Waals surface area contributed by atoms with Gasteiger partial charge in [-0.15, -0.1) is 0 Å². The molecule has 1 aromatic rings. The van der Waals surface area contributed by atoms with Crippen molar-refractivity contribution in [3.8, 4) is 0 Å². The number of hydrogen-bond donors (Lipinski definition) is 1. The van der Waals surface area contributed by atoms with Gasteiger partial charge in [-0.25, -0.2) is 14.4 Å². The Bertz CT molecular complexity index is 607. The molecule has 0 atom stereocenters. The fourth-order valence-corrected chi connectivity index (χ4v) is 1.53. The lowest BCUT2D eigenvalue weighted by Crippen LogP contribution is -2.27. The van der Waals surface area contributed by atoms with E-state index in [0.29, 0.717) is 11.3 Å². The van der Waals surface area contributed by atoms with Crippen LogP contribution in [0.25, 0.3) is 0 Å². The number of carbonyl (C=O) groups excluding carboxylic acids is 3. The summed E-state index contributed by atoms with van der Waals surface area (Å²) in [4.78, 5) is 34.2. The fraction of sp³-hybridized carbons (Fsp3) is 0.353. The van der Waals surface area contributed by atoms with Crippen molar-refractivity contribution in [2.24, 2.45) is 0 Å². The number of rotatable bonds is 6. The van der Waals surface area contributed by atoms with E-state index in [1.807, 2.05) is 0 Å². The Labute approximate surface area is 142 Å². The molecular weight excluding hydrogens is 314 g/mol. The van der Waals surface area contributed by atoms with Gasteiger partial charge in [0.05, 0.1) is 5.56 Å². The zero-order chi connectivity index (χ0) is 18.2. The molecule has 0 spiro atoms. The summed E-state index contributed by atoms with van der Waals surface area (Å²) in [5.41, 5.74) is 0.198. The van der Waals surface area contributed by atoms with Gasteiger partial charge in [-0.3, -0.25) is 5.32 Å². The second kappa shape index (κ2) is 8.71. The van der Waals surface area contributed by atoms with Crippen molar-refractivity contribution in [2.75, 3.05) is 18.5 Å². The maximum atomic E-state index is 11.8. The average molecular weight is 337 g/mol. The van der Waals surface area contributed by atoms with Crippen LogP contribution < -0.4 is 5.32 Å². The summed E-state index contributed by atoms with van der Waals surface area (Å²) >= 11 is 0. The van der Waals surface area contributed by atoms with Gasteiger partial charge in [0, 0.05) is 13.2 Å². The van der Waals surface area contributed by atoms with Crippen LogP contribution >= 0.6 is 0 Å². The number of esters is 2. The zero-order valence-electron chi connectivity index (χ0n) is 14.0. The maximum Gasteiger partial charge on any atom is 0.412 e. The predicted octanol–water partition coefficient (Wildman–Crippen LogP) is 3.17. The summed E-state index contributed by atoms with van der Waals surface area (Å²) < 4.78 is 14.8. The number of hydrogen-bond acceptors (Lipinski definition) is 6. The monoisotopic (exact) mass is 337 g/mol. The number of carbonyl (C=O) groups is 3. The number of ether oxygens (including phenoxy) is 3. The van der Waals surface area contributed by atoms with Crippen LogP contribution in [-0.2, 0) is 19.0 Å². The predicted molar refractivity (Wildman–Crippen MR) is 89.9 cm³/mol. The van der Waals surface area contributed by atoms with Gasteiger partial charge in [0.25, 0.3) is 0 Å². The molecule has 0 aliphatic rings. The minimum absolute atomic E-state index is 0. The Balaban J connectivity index is 0.00000576. The van der Waals surface area contributed by atoms with Crippen molar-refractivity contribution < 1.29 is 30.0 Å². The second-order valence-corrected chi connectivity index (χ2v) is 5.71. The van der Waals surface area contributed by atoms with Crippen molar-refractivity contribution >= 4 is 23.7 Å².